The van der Waals surface area contributed by atoms with Crippen LogP contribution in [-0.2, 0) is 4.74 Å². The molecular formula is C15H30OSi. The molecule has 2 rings (SSSR count). The first-order valence-electron chi connectivity index (χ1n) is 7.86. The van der Waals surface area contributed by atoms with E-state index in [9.17, 15) is 0 Å². The van der Waals surface area contributed by atoms with E-state index < -0.39 is 0 Å². The Balaban J connectivity index is 1.70. The van der Waals surface area contributed by atoms with Gasteiger partial charge in [-0.3, -0.25) is 0 Å². The first kappa shape index (κ1) is 13.6. The van der Waals surface area contributed by atoms with Crippen molar-refractivity contribution >= 4 is 8.80 Å². The van der Waals surface area contributed by atoms with Crippen molar-refractivity contribution < 1.29 is 4.74 Å². The lowest BCUT2D eigenvalue weighted by atomic mass is 9.76. The molecule has 17 heavy (non-hydrogen) atoms. The molecule has 0 aromatic rings. The minimum absolute atomic E-state index is 0.262. The summed E-state index contributed by atoms with van der Waals surface area (Å²) >= 11 is 0. The summed E-state index contributed by atoms with van der Waals surface area (Å²) in [6, 6.07) is 4.93. The van der Waals surface area contributed by atoms with Gasteiger partial charge in [-0.05, 0) is 37.5 Å². The van der Waals surface area contributed by atoms with Crippen LogP contribution in [-0.4, -0.2) is 22.0 Å². The molecule has 1 saturated carbocycles. The Bertz CT molecular complexity index is 203. The standard InChI is InChI=1S/C15H30OSi/c1-3-10-17-11-8-14(9-12-17)13-4-6-15(16-2)7-5-13/h13-15,17H,3-12H2,1-2H3/t13?,14-,15?,17-. The molecule has 1 aliphatic carbocycles. The topological polar surface area (TPSA) is 9.23 Å². The summed E-state index contributed by atoms with van der Waals surface area (Å²) in [5.74, 6) is 2.14. The SMILES string of the molecule is CCC[Si@H]1CC[C@H](C2CCC(OC)CC2)CC1. The van der Waals surface area contributed by atoms with E-state index in [1.54, 1.807) is 31.0 Å². The first-order chi connectivity index (χ1) is 8.33. The second-order valence-electron chi connectivity index (χ2n) is 6.34. The van der Waals surface area contributed by atoms with Gasteiger partial charge in [0.2, 0.25) is 0 Å². The number of methoxy groups -OCH3 is 1. The van der Waals surface area contributed by atoms with Crippen molar-refractivity contribution in [1.29, 1.82) is 0 Å². The van der Waals surface area contributed by atoms with E-state index in [1.807, 2.05) is 7.11 Å². The van der Waals surface area contributed by atoms with Gasteiger partial charge >= 0.3 is 0 Å². The van der Waals surface area contributed by atoms with Crippen LogP contribution >= 0.6 is 0 Å². The zero-order chi connectivity index (χ0) is 12.1. The van der Waals surface area contributed by atoms with E-state index in [0.717, 1.165) is 11.8 Å². The van der Waals surface area contributed by atoms with Gasteiger partial charge in [0, 0.05) is 15.9 Å². The van der Waals surface area contributed by atoms with Crippen LogP contribution in [0.4, 0.5) is 0 Å². The Morgan fingerprint density at radius 3 is 2.06 bits per heavy atom. The third kappa shape index (κ3) is 3.82. The fourth-order valence-corrected chi connectivity index (χ4v) is 7.63. The fourth-order valence-electron chi connectivity index (χ4n) is 4.15. The van der Waals surface area contributed by atoms with Crippen molar-refractivity contribution in [2.75, 3.05) is 7.11 Å². The average molecular weight is 254 g/mol. The lowest BCUT2D eigenvalue weighted by Crippen LogP contribution is -2.30. The van der Waals surface area contributed by atoms with Crippen LogP contribution in [0.15, 0.2) is 0 Å². The predicted molar refractivity (Wildman–Crippen MR) is 77.3 cm³/mol. The normalized spacial score (nSPS) is 39.2. The molecule has 1 heterocycles. The quantitative estimate of drug-likeness (QED) is 0.682. The van der Waals surface area contributed by atoms with Crippen LogP contribution in [0.2, 0.25) is 18.1 Å². The molecule has 1 saturated heterocycles. The summed E-state index contributed by atoms with van der Waals surface area (Å²) in [6.45, 7) is 2.37. The van der Waals surface area contributed by atoms with Crippen LogP contribution in [0.3, 0.4) is 0 Å². The first-order valence-corrected chi connectivity index (χ1v) is 10.3. The minimum Gasteiger partial charge on any atom is -0.381 e. The van der Waals surface area contributed by atoms with Gasteiger partial charge < -0.3 is 4.74 Å². The van der Waals surface area contributed by atoms with Gasteiger partial charge in [-0.15, -0.1) is 0 Å². The highest BCUT2D eigenvalue weighted by Crippen LogP contribution is 2.39. The second kappa shape index (κ2) is 6.94. The monoisotopic (exact) mass is 254 g/mol. The van der Waals surface area contributed by atoms with Crippen LogP contribution in [0.1, 0.15) is 51.9 Å². The molecule has 1 aliphatic heterocycles. The highest BCUT2D eigenvalue weighted by molar-refractivity contribution is 6.58. The summed E-state index contributed by atoms with van der Waals surface area (Å²) in [6.07, 6.45) is 10.7. The average Bonchev–Trinajstić information content (AvgIpc) is 2.40. The second-order valence-corrected chi connectivity index (χ2v) is 9.81. The predicted octanol–water partition coefficient (Wildman–Crippen LogP) is 4.24. The highest BCUT2D eigenvalue weighted by atomic mass is 28.3. The summed E-state index contributed by atoms with van der Waals surface area (Å²) < 4.78 is 5.48. The zero-order valence-corrected chi connectivity index (χ0v) is 12.9. The van der Waals surface area contributed by atoms with Gasteiger partial charge in [0.25, 0.3) is 0 Å². The largest absolute Gasteiger partial charge is 0.381 e. The third-order valence-corrected chi connectivity index (χ3v) is 9.00. The van der Waals surface area contributed by atoms with Crippen molar-refractivity contribution in [3.8, 4) is 0 Å². The van der Waals surface area contributed by atoms with Crippen LogP contribution in [0.5, 0.6) is 0 Å². The highest BCUT2D eigenvalue weighted by Gasteiger charge is 2.30. The Morgan fingerprint density at radius 1 is 0.941 bits per heavy atom. The lowest BCUT2D eigenvalue weighted by molar-refractivity contribution is 0.0449. The summed E-state index contributed by atoms with van der Waals surface area (Å²) in [4.78, 5) is 0. The maximum absolute atomic E-state index is 5.48. The molecule has 0 aromatic heterocycles. The van der Waals surface area contributed by atoms with Gasteiger partial charge in [0.1, 0.15) is 0 Å². The smallest absolute Gasteiger partial charge is 0.0571 e. The molecule has 100 valence electrons. The Kier molecular flexibility index (Phi) is 5.55. The van der Waals surface area contributed by atoms with Crippen LogP contribution < -0.4 is 0 Å². The van der Waals surface area contributed by atoms with E-state index in [4.69, 9.17) is 4.74 Å². The molecular weight excluding hydrogens is 224 g/mol. The molecule has 0 aromatic carbocycles. The van der Waals surface area contributed by atoms with E-state index in [0.29, 0.717) is 6.10 Å². The number of rotatable bonds is 4. The molecule has 0 radical (unpaired) electrons. The molecule has 0 unspecified atom stereocenters. The van der Waals surface area contributed by atoms with Crippen LogP contribution in [0.25, 0.3) is 0 Å². The van der Waals surface area contributed by atoms with Gasteiger partial charge in [0.15, 0.2) is 0 Å². The van der Waals surface area contributed by atoms with Gasteiger partial charge in [0.05, 0.1) is 6.10 Å². The molecule has 0 N–H and O–H groups in total. The number of hydrogen-bond donors (Lipinski definition) is 0. The Labute approximate surface area is 109 Å². The van der Waals surface area contributed by atoms with Crippen molar-refractivity contribution in [2.24, 2.45) is 11.8 Å². The van der Waals surface area contributed by atoms with E-state index in [2.05, 4.69) is 6.92 Å². The van der Waals surface area contributed by atoms with Crippen molar-refractivity contribution in [3.63, 3.8) is 0 Å². The maximum Gasteiger partial charge on any atom is 0.0571 e. The molecule has 0 atom stereocenters. The number of ether oxygens (including phenoxy) is 1. The fraction of sp³-hybridized carbons (Fsp3) is 1.00. The van der Waals surface area contributed by atoms with Gasteiger partial charge in [-0.2, -0.15) is 0 Å². The molecule has 2 aliphatic rings. The molecule has 1 nitrogen and oxygen atoms in total. The molecule has 0 amide bonds. The van der Waals surface area contributed by atoms with E-state index in [-0.39, 0.29) is 8.80 Å². The Morgan fingerprint density at radius 2 is 1.53 bits per heavy atom. The van der Waals surface area contributed by atoms with E-state index >= 15 is 0 Å². The van der Waals surface area contributed by atoms with Gasteiger partial charge in [-0.1, -0.05) is 44.3 Å². The third-order valence-electron chi connectivity index (χ3n) is 5.31. The molecule has 0 bridgehead atoms. The molecule has 2 fully saturated rings. The minimum atomic E-state index is -0.262. The summed E-state index contributed by atoms with van der Waals surface area (Å²) in [5.41, 5.74) is 0. The van der Waals surface area contributed by atoms with E-state index in [1.165, 1.54) is 32.1 Å². The Hall–Kier alpha value is 0.177. The number of hydrogen-bond acceptors (Lipinski definition) is 1. The molecule has 2 heteroatoms. The summed E-state index contributed by atoms with van der Waals surface area (Å²) in [7, 11) is 1.62. The van der Waals surface area contributed by atoms with Crippen molar-refractivity contribution in [2.45, 2.75) is 76.1 Å². The maximum atomic E-state index is 5.48. The zero-order valence-electron chi connectivity index (χ0n) is 11.8. The van der Waals surface area contributed by atoms with Crippen molar-refractivity contribution in [1.82, 2.24) is 0 Å². The molecule has 0 spiro atoms. The van der Waals surface area contributed by atoms with Gasteiger partial charge in [-0.25, -0.2) is 0 Å². The van der Waals surface area contributed by atoms with Crippen LogP contribution in [0, 0.1) is 11.8 Å². The van der Waals surface area contributed by atoms with Crippen molar-refractivity contribution in [3.05, 3.63) is 0 Å². The lowest BCUT2D eigenvalue weighted by Gasteiger charge is -2.37. The summed E-state index contributed by atoms with van der Waals surface area (Å²) in [5, 5.41) is 0.